The van der Waals surface area contributed by atoms with Gasteiger partial charge in [-0.1, -0.05) is 6.07 Å². The molecule has 7 heteroatoms. The first kappa shape index (κ1) is 16.2. The summed E-state index contributed by atoms with van der Waals surface area (Å²) in [6, 6.07) is 5.14. The molecule has 0 unspecified atom stereocenters. The first-order valence-corrected chi connectivity index (χ1v) is 6.46. The van der Waals surface area contributed by atoms with Gasteiger partial charge in [-0.25, -0.2) is 5.01 Å². The van der Waals surface area contributed by atoms with E-state index in [2.05, 4.69) is 5.10 Å². The van der Waals surface area contributed by atoms with Crippen molar-refractivity contribution in [2.24, 2.45) is 10.8 Å². The van der Waals surface area contributed by atoms with Gasteiger partial charge < -0.3 is 20.3 Å². The molecule has 0 aromatic heterocycles. The first-order chi connectivity index (χ1) is 9.60. The van der Waals surface area contributed by atoms with Gasteiger partial charge in [0.2, 0.25) is 0 Å². The van der Waals surface area contributed by atoms with Crippen LogP contribution >= 0.6 is 12.2 Å². The molecule has 0 aliphatic carbocycles. The molecule has 0 fully saturated rings. The van der Waals surface area contributed by atoms with Crippen molar-refractivity contribution in [3.05, 3.63) is 23.8 Å². The third-order valence-electron chi connectivity index (χ3n) is 2.56. The Bertz CT molecular complexity index is 480. The van der Waals surface area contributed by atoms with Crippen LogP contribution in [0.15, 0.2) is 23.3 Å². The summed E-state index contributed by atoms with van der Waals surface area (Å²) in [6.07, 6.45) is 2.24. The summed E-state index contributed by atoms with van der Waals surface area (Å²) in [7, 11) is 3.12. The van der Waals surface area contributed by atoms with Gasteiger partial charge >= 0.3 is 0 Å². The first-order valence-electron chi connectivity index (χ1n) is 6.06. The van der Waals surface area contributed by atoms with Gasteiger partial charge in [-0.3, -0.25) is 0 Å². The zero-order valence-electron chi connectivity index (χ0n) is 11.6. The van der Waals surface area contributed by atoms with Crippen molar-refractivity contribution in [2.45, 2.75) is 6.42 Å². The maximum absolute atomic E-state index is 9.94. The number of thiocarbonyl (C=S) groups is 1. The molecule has 0 aliphatic rings. The highest BCUT2D eigenvalue weighted by Crippen LogP contribution is 2.28. The maximum atomic E-state index is 9.94. The fourth-order valence-corrected chi connectivity index (χ4v) is 1.66. The van der Waals surface area contributed by atoms with E-state index in [1.807, 2.05) is 0 Å². The number of nitrogens with two attached hydrogens (primary N) is 1. The quantitative estimate of drug-likeness (QED) is 0.342. The minimum absolute atomic E-state index is 0.0264. The molecule has 0 atom stereocenters. The lowest BCUT2D eigenvalue weighted by Gasteiger charge is -2.16. The summed E-state index contributed by atoms with van der Waals surface area (Å²) >= 11 is 4.93. The van der Waals surface area contributed by atoms with E-state index in [9.17, 15) is 5.11 Å². The summed E-state index contributed by atoms with van der Waals surface area (Å²) < 4.78 is 9.99. The predicted octanol–water partition coefficient (Wildman–Crippen LogP) is 1.32. The molecule has 6 nitrogen and oxygen atoms in total. The van der Waals surface area contributed by atoms with Gasteiger partial charge in [0.1, 0.15) is 0 Å². The van der Waals surface area contributed by atoms with Crippen LogP contribution in [0.3, 0.4) is 0 Å². The average molecular weight is 297 g/mol. The molecule has 1 aromatic carbocycles. The van der Waals surface area contributed by atoms with E-state index in [4.69, 9.17) is 27.4 Å². The highest BCUT2D eigenvalue weighted by Gasteiger charge is 2.07. The SMILES string of the molecule is COCCCN(/N=C/c1cccc(OC)c1O)C(N)=S. The molecule has 3 N–H and O–H groups in total. The third kappa shape index (κ3) is 4.67. The number of ether oxygens (including phenoxy) is 2. The second-order valence-electron chi connectivity index (χ2n) is 3.95. The number of para-hydroxylation sites is 1. The fourth-order valence-electron chi connectivity index (χ4n) is 1.52. The number of phenolic OH excluding ortho intramolecular Hbond substituents is 1. The van der Waals surface area contributed by atoms with Crippen LogP contribution in [0, 0.1) is 0 Å². The average Bonchev–Trinajstić information content (AvgIpc) is 2.43. The Kier molecular flexibility index (Phi) is 6.75. The van der Waals surface area contributed by atoms with E-state index in [1.54, 1.807) is 25.3 Å². The smallest absolute Gasteiger partial charge is 0.186 e. The van der Waals surface area contributed by atoms with Crippen molar-refractivity contribution in [1.29, 1.82) is 0 Å². The van der Waals surface area contributed by atoms with E-state index < -0.39 is 0 Å². The van der Waals surface area contributed by atoms with Crippen LogP contribution in [-0.4, -0.2) is 48.8 Å². The predicted molar refractivity (Wildman–Crippen MR) is 82.2 cm³/mol. The second-order valence-corrected chi connectivity index (χ2v) is 4.37. The zero-order valence-corrected chi connectivity index (χ0v) is 12.4. The molecule has 0 spiro atoms. The van der Waals surface area contributed by atoms with E-state index in [-0.39, 0.29) is 10.9 Å². The molecule has 0 bridgehead atoms. The van der Waals surface area contributed by atoms with Crippen molar-refractivity contribution >= 4 is 23.5 Å². The van der Waals surface area contributed by atoms with Gasteiger partial charge in [-0.2, -0.15) is 5.10 Å². The lowest BCUT2D eigenvalue weighted by Crippen LogP contribution is -2.32. The number of benzene rings is 1. The van der Waals surface area contributed by atoms with Crippen molar-refractivity contribution in [1.82, 2.24) is 5.01 Å². The molecule has 0 amide bonds. The molecule has 0 heterocycles. The van der Waals surface area contributed by atoms with Crippen LogP contribution in [0.1, 0.15) is 12.0 Å². The van der Waals surface area contributed by atoms with Gasteiger partial charge in [0.05, 0.1) is 13.3 Å². The van der Waals surface area contributed by atoms with Crippen LogP contribution in [0.2, 0.25) is 0 Å². The number of hydrogen-bond donors (Lipinski definition) is 2. The summed E-state index contributed by atoms with van der Waals surface area (Å²) in [4.78, 5) is 0. The van der Waals surface area contributed by atoms with Crippen molar-refractivity contribution in [3.8, 4) is 11.5 Å². The van der Waals surface area contributed by atoms with Crippen LogP contribution in [-0.2, 0) is 4.74 Å². The van der Waals surface area contributed by atoms with E-state index in [1.165, 1.54) is 18.3 Å². The highest BCUT2D eigenvalue weighted by molar-refractivity contribution is 7.80. The van der Waals surface area contributed by atoms with E-state index in [0.717, 1.165) is 6.42 Å². The Morgan fingerprint density at radius 3 is 2.85 bits per heavy atom. The summed E-state index contributed by atoms with van der Waals surface area (Å²) in [5.41, 5.74) is 6.12. The number of hydrazone groups is 1. The molecule has 20 heavy (non-hydrogen) atoms. The highest BCUT2D eigenvalue weighted by atomic mass is 32.1. The molecule has 0 aliphatic heterocycles. The monoisotopic (exact) mass is 297 g/mol. The Morgan fingerprint density at radius 2 is 2.25 bits per heavy atom. The lowest BCUT2D eigenvalue weighted by molar-refractivity contribution is 0.187. The minimum Gasteiger partial charge on any atom is -0.504 e. The molecule has 1 aromatic rings. The molecular formula is C13H19N3O3S. The Morgan fingerprint density at radius 1 is 1.50 bits per heavy atom. The number of methoxy groups -OCH3 is 2. The number of hydrogen-bond acceptors (Lipinski definition) is 5. The summed E-state index contributed by atoms with van der Waals surface area (Å²) in [5, 5.41) is 15.8. The lowest BCUT2D eigenvalue weighted by atomic mass is 10.2. The van der Waals surface area contributed by atoms with Crippen molar-refractivity contribution in [2.75, 3.05) is 27.4 Å². The topological polar surface area (TPSA) is 80.3 Å². The maximum Gasteiger partial charge on any atom is 0.186 e. The Balaban J connectivity index is 2.79. The molecule has 0 saturated carbocycles. The molecule has 0 saturated heterocycles. The normalized spacial score (nSPS) is 10.7. The minimum atomic E-state index is 0.0264. The van der Waals surface area contributed by atoms with Gasteiger partial charge in [-0.15, -0.1) is 0 Å². The van der Waals surface area contributed by atoms with Crippen molar-refractivity contribution < 1.29 is 14.6 Å². The van der Waals surface area contributed by atoms with Crippen LogP contribution in [0.25, 0.3) is 0 Å². The Hall–Kier alpha value is -1.86. The van der Waals surface area contributed by atoms with Crippen molar-refractivity contribution in [3.63, 3.8) is 0 Å². The number of aromatic hydroxyl groups is 1. The number of phenols is 1. The largest absolute Gasteiger partial charge is 0.504 e. The standard InChI is InChI=1S/C13H19N3O3S/c1-18-8-4-7-16(13(14)20)15-9-10-5-3-6-11(19-2)12(10)17/h3,5-6,9,17H,4,7-8H2,1-2H3,(H2,14,20)/b15-9+. The van der Waals surface area contributed by atoms with Gasteiger partial charge in [0.15, 0.2) is 16.6 Å². The summed E-state index contributed by atoms with van der Waals surface area (Å²) in [6.45, 7) is 1.14. The van der Waals surface area contributed by atoms with E-state index >= 15 is 0 Å². The van der Waals surface area contributed by atoms with Gasteiger partial charge in [0, 0.05) is 25.8 Å². The zero-order chi connectivity index (χ0) is 15.0. The fraction of sp³-hybridized carbons (Fsp3) is 0.385. The number of nitrogens with zero attached hydrogens (tertiary/aromatic N) is 2. The van der Waals surface area contributed by atoms with Gasteiger partial charge in [-0.05, 0) is 30.8 Å². The molecule has 1 rings (SSSR count). The third-order valence-corrected chi connectivity index (χ3v) is 2.77. The van der Waals surface area contributed by atoms with Crippen LogP contribution in [0.5, 0.6) is 11.5 Å². The van der Waals surface area contributed by atoms with Gasteiger partial charge in [0.25, 0.3) is 0 Å². The molecular weight excluding hydrogens is 278 g/mol. The molecule has 0 radical (unpaired) electrons. The van der Waals surface area contributed by atoms with Crippen LogP contribution in [0.4, 0.5) is 0 Å². The van der Waals surface area contributed by atoms with Crippen LogP contribution < -0.4 is 10.5 Å². The number of rotatable bonds is 7. The molecule has 110 valence electrons. The summed E-state index contributed by atoms with van der Waals surface area (Å²) in [5.74, 6) is 0.411. The second kappa shape index (κ2) is 8.34. The Labute approximate surface area is 123 Å². The van der Waals surface area contributed by atoms with E-state index in [0.29, 0.717) is 24.5 Å².